The van der Waals surface area contributed by atoms with E-state index in [1.165, 1.54) is 13.3 Å². The molecule has 14 heteroatoms. The van der Waals surface area contributed by atoms with E-state index in [9.17, 15) is 14.7 Å². The van der Waals surface area contributed by atoms with Crippen molar-refractivity contribution >= 4 is 57.3 Å². The Balaban J connectivity index is 1.37. The molecule has 0 radical (unpaired) electrons. The van der Waals surface area contributed by atoms with Crippen LogP contribution in [0.3, 0.4) is 0 Å². The van der Waals surface area contributed by atoms with E-state index in [2.05, 4.69) is 37.1 Å². The summed E-state index contributed by atoms with van der Waals surface area (Å²) in [5.74, 6) is 0.463. The molecule has 2 atom stereocenters. The van der Waals surface area contributed by atoms with Crippen molar-refractivity contribution in [3.05, 3.63) is 97.1 Å². The lowest BCUT2D eigenvalue weighted by Crippen LogP contribution is -2.45. The summed E-state index contributed by atoms with van der Waals surface area (Å²) >= 11 is 16.2. The van der Waals surface area contributed by atoms with Crippen molar-refractivity contribution in [2.75, 3.05) is 20.3 Å². The number of methoxy groups -OCH3 is 1. The molecule has 45 heavy (non-hydrogen) atoms. The van der Waals surface area contributed by atoms with E-state index in [-0.39, 0.29) is 12.2 Å². The normalized spacial score (nSPS) is 15.3. The molecular formula is C31H31BrCl2N4O7. The lowest BCUT2D eigenvalue weighted by atomic mass is 9.95. The minimum absolute atomic E-state index is 0.183. The number of rotatable bonds is 13. The number of esters is 1. The van der Waals surface area contributed by atoms with Gasteiger partial charge in [-0.15, -0.1) is 0 Å². The Labute approximate surface area is 278 Å². The highest BCUT2D eigenvalue weighted by Gasteiger charge is 2.32. The Kier molecular flexibility index (Phi) is 11.9. The molecule has 0 unspecified atom stereocenters. The summed E-state index contributed by atoms with van der Waals surface area (Å²) in [5.41, 5.74) is 5.33. The maximum absolute atomic E-state index is 12.4. The second-order valence-corrected chi connectivity index (χ2v) is 11.4. The third-order valence-corrected chi connectivity index (χ3v) is 7.52. The van der Waals surface area contributed by atoms with Crippen LogP contribution >= 0.6 is 39.1 Å². The second-order valence-electron chi connectivity index (χ2n) is 9.64. The number of benzene rings is 3. The van der Waals surface area contributed by atoms with Crippen molar-refractivity contribution in [2.24, 2.45) is 5.10 Å². The fraction of sp³-hybridized carbons (Fsp3) is 0.258. The average Bonchev–Trinajstić information content (AvgIpc) is 3.00. The minimum Gasteiger partial charge on any atom is -0.490 e. The lowest BCUT2D eigenvalue weighted by molar-refractivity contribution is -0.136. The fourth-order valence-electron chi connectivity index (χ4n) is 4.35. The summed E-state index contributed by atoms with van der Waals surface area (Å²) in [6.45, 7) is 3.85. The number of amides is 2. The van der Waals surface area contributed by atoms with Crippen LogP contribution in [0.1, 0.15) is 36.6 Å². The zero-order valence-corrected chi connectivity index (χ0v) is 27.6. The summed E-state index contributed by atoms with van der Waals surface area (Å²) in [5, 5.41) is 20.4. The van der Waals surface area contributed by atoms with E-state index in [0.717, 1.165) is 10.0 Å². The molecule has 1 aliphatic heterocycles. The van der Waals surface area contributed by atoms with Crippen LogP contribution in [0, 0.1) is 0 Å². The molecule has 0 aliphatic carbocycles. The molecule has 0 saturated carbocycles. The summed E-state index contributed by atoms with van der Waals surface area (Å²) in [6, 6.07) is 14.7. The van der Waals surface area contributed by atoms with Gasteiger partial charge in [0, 0.05) is 10.2 Å². The summed E-state index contributed by atoms with van der Waals surface area (Å²) in [4.78, 5) is 24.6. The molecular weight excluding hydrogens is 691 g/mol. The van der Waals surface area contributed by atoms with Crippen molar-refractivity contribution in [3.8, 4) is 17.2 Å². The number of hydrogen-bond donors (Lipinski definition) is 4. The number of carbonyl (C=O) groups is 2. The van der Waals surface area contributed by atoms with E-state index in [4.69, 9.17) is 42.1 Å². The van der Waals surface area contributed by atoms with Gasteiger partial charge in [-0.1, -0.05) is 57.3 Å². The molecule has 238 valence electrons. The zero-order valence-electron chi connectivity index (χ0n) is 24.5. The van der Waals surface area contributed by atoms with Crippen molar-refractivity contribution in [3.63, 3.8) is 0 Å². The third kappa shape index (κ3) is 9.04. The molecule has 3 aromatic carbocycles. The first-order valence-corrected chi connectivity index (χ1v) is 15.2. The van der Waals surface area contributed by atoms with Gasteiger partial charge in [-0.25, -0.2) is 9.59 Å². The zero-order chi connectivity index (χ0) is 32.5. The number of nitrogens with one attached hydrogen (secondary N) is 3. The highest BCUT2D eigenvalue weighted by molar-refractivity contribution is 9.10. The number of hydrazone groups is 1. The smallest absolute Gasteiger partial charge is 0.337 e. The van der Waals surface area contributed by atoms with Gasteiger partial charge in [0.25, 0.3) is 0 Å². The predicted octanol–water partition coefficient (Wildman–Crippen LogP) is 5.86. The topological polar surface area (TPSA) is 140 Å². The first kappa shape index (κ1) is 33.9. The number of ether oxygens (including phenoxy) is 4. The molecule has 11 nitrogen and oxygen atoms in total. The van der Waals surface area contributed by atoms with E-state index in [0.29, 0.717) is 57.3 Å². The Bertz CT molecular complexity index is 1580. The fourth-order valence-corrected chi connectivity index (χ4v) is 5.23. The number of urea groups is 1. The van der Waals surface area contributed by atoms with Gasteiger partial charge in [-0.3, -0.25) is 5.43 Å². The number of hydrogen-bond acceptors (Lipinski definition) is 9. The van der Waals surface area contributed by atoms with Gasteiger partial charge in [0.15, 0.2) is 23.5 Å². The number of nitrogens with zero attached hydrogens (tertiary/aromatic N) is 1. The third-order valence-electron chi connectivity index (χ3n) is 6.43. The standard InChI is InChI=1S/C31H31BrCl2N4O7/c1-4-43-25-13-20(28-27(30(40)42-3)17(2)36-31(41)37-28)7-10-24(25)44-16-26(39)38-35-14-19-11-22(33)29(23(34)12-19)45-15-18-5-8-21(32)9-6-18/h5-14,26,28,38-39H,4,15-16H2,1-3H3,(H2,36,37,41)/b35-14-/t26-,28+/m0/s1. The molecule has 3 aromatic rings. The number of aliphatic hydroxyl groups excluding tert-OH is 1. The highest BCUT2D eigenvalue weighted by Crippen LogP contribution is 2.36. The highest BCUT2D eigenvalue weighted by atomic mass is 79.9. The summed E-state index contributed by atoms with van der Waals surface area (Å²) < 4.78 is 23.2. The molecule has 1 heterocycles. The van der Waals surface area contributed by atoms with Crippen LogP contribution in [0.2, 0.25) is 10.0 Å². The van der Waals surface area contributed by atoms with E-state index >= 15 is 0 Å². The van der Waals surface area contributed by atoms with Gasteiger partial charge in [-0.2, -0.15) is 5.10 Å². The van der Waals surface area contributed by atoms with E-state index in [1.807, 2.05) is 24.3 Å². The molecule has 4 rings (SSSR count). The molecule has 0 spiro atoms. The van der Waals surface area contributed by atoms with Crippen molar-refractivity contribution in [1.29, 1.82) is 0 Å². The quantitative estimate of drug-likeness (QED) is 0.0746. The van der Waals surface area contributed by atoms with Crippen molar-refractivity contribution in [1.82, 2.24) is 16.1 Å². The molecule has 1 aliphatic rings. The van der Waals surface area contributed by atoms with Gasteiger partial charge in [0.1, 0.15) is 13.2 Å². The van der Waals surface area contributed by atoms with Crippen LogP contribution in [0.15, 0.2) is 75.4 Å². The largest absolute Gasteiger partial charge is 0.490 e. The maximum atomic E-state index is 12.4. The Hall–Kier alpha value is -3.97. The van der Waals surface area contributed by atoms with Gasteiger partial charge in [0.05, 0.1) is 41.6 Å². The van der Waals surface area contributed by atoms with Gasteiger partial charge in [0.2, 0.25) is 0 Å². The summed E-state index contributed by atoms with van der Waals surface area (Å²) in [6.07, 6.45) is 0.261. The molecule has 0 saturated heterocycles. The monoisotopic (exact) mass is 720 g/mol. The van der Waals surface area contributed by atoms with Crippen molar-refractivity contribution in [2.45, 2.75) is 32.7 Å². The number of allylic oxidation sites excluding steroid dienone is 1. The van der Waals surface area contributed by atoms with Gasteiger partial charge < -0.3 is 34.7 Å². The van der Waals surface area contributed by atoms with Crippen molar-refractivity contribution < 1.29 is 33.6 Å². The van der Waals surface area contributed by atoms with E-state index in [1.54, 1.807) is 44.2 Å². The second kappa shape index (κ2) is 15.8. The predicted molar refractivity (Wildman–Crippen MR) is 174 cm³/mol. The van der Waals surface area contributed by atoms with Crippen LogP contribution in [0.25, 0.3) is 0 Å². The van der Waals surface area contributed by atoms with Crippen LogP contribution in [-0.2, 0) is 16.1 Å². The average molecular weight is 722 g/mol. The first-order chi connectivity index (χ1) is 21.6. The molecule has 0 aromatic heterocycles. The van der Waals surface area contributed by atoms with Crippen LogP contribution < -0.4 is 30.3 Å². The maximum Gasteiger partial charge on any atom is 0.337 e. The molecule has 2 amide bonds. The lowest BCUT2D eigenvalue weighted by Gasteiger charge is -2.28. The van der Waals surface area contributed by atoms with Crippen LogP contribution in [0.4, 0.5) is 4.79 Å². The van der Waals surface area contributed by atoms with Gasteiger partial charge in [-0.05, 0) is 66.9 Å². The van der Waals surface area contributed by atoms with Crippen LogP contribution in [0.5, 0.6) is 17.2 Å². The molecule has 0 fully saturated rings. The number of carbonyl (C=O) groups excluding carboxylic acids is 2. The Morgan fingerprint density at radius 3 is 2.47 bits per heavy atom. The minimum atomic E-state index is -1.19. The van der Waals surface area contributed by atoms with Crippen LogP contribution in [-0.4, -0.2) is 49.9 Å². The SMILES string of the molecule is CCOc1cc([C@H]2NC(=O)NC(C)=C2C(=O)OC)ccc1OC[C@H](O)N/N=C\c1cc(Cl)c(OCc2ccc(Br)cc2)c(Cl)c1. The molecule has 4 N–H and O–H groups in total. The Morgan fingerprint density at radius 2 is 1.80 bits per heavy atom. The van der Waals surface area contributed by atoms with E-state index < -0.39 is 24.3 Å². The van der Waals surface area contributed by atoms with Gasteiger partial charge >= 0.3 is 12.0 Å². The summed E-state index contributed by atoms with van der Waals surface area (Å²) in [7, 11) is 1.27. The number of halogens is 3. The number of aliphatic hydroxyl groups is 1. The Morgan fingerprint density at radius 1 is 1.09 bits per heavy atom. The first-order valence-electron chi connectivity index (χ1n) is 13.7. The molecule has 0 bridgehead atoms.